The number of pyridine rings is 1. The number of morpholine rings is 1. The first-order valence-electron chi connectivity index (χ1n) is 5.70. The Morgan fingerprint density at radius 3 is 3.05 bits per heavy atom. The summed E-state index contributed by atoms with van der Waals surface area (Å²) in [6.45, 7) is 3.06. The summed E-state index contributed by atoms with van der Waals surface area (Å²) >= 11 is 5.69. The van der Waals surface area contributed by atoms with Crippen LogP contribution in [0.15, 0.2) is 12.3 Å². The van der Waals surface area contributed by atoms with Gasteiger partial charge in [-0.3, -0.25) is 14.9 Å². The molecule has 1 aliphatic heterocycles. The van der Waals surface area contributed by atoms with Gasteiger partial charge in [0.15, 0.2) is 0 Å². The van der Waals surface area contributed by atoms with Crippen molar-refractivity contribution in [2.24, 2.45) is 0 Å². The lowest BCUT2D eigenvalue weighted by Gasteiger charge is -2.31. The first-order valence-corrected chi connectivity index (χ1v) is 6.08. The van der Waals surface area contributed by atoms with Crippen molar-refractivity contribution in [2.45, 2.75) is 13.0 Å². The molecule has 2 heterocycles. The van der Waals surface area contributed by atoms with Gasteiger partial charge in [-0.1, -0.05) is 11.6 Å². The molecule has 19 heavy (non-hydrogen) atoms. The zero-order valence-electron chi connectivity index (χ0n) is 10.2. The van der Waals surface area contributed by atoms with Crippen LogP contribution in [0.5, 0.6) is 0 Å². The van der Waals surface area contributed by atoms with Gasteiger partial charge in [0.1, 0.15) is 5.56 Å². The quantitative estimate of drug-likeness (QED) is 0.467. The Kier molecular flexibility index (Phi) is 3.96. The average Bonchev–Trinajstić information content (AvgIpc) is 2.37. The molecule has 7 nitrogen and oxygen atoms in total. The molecule has 1 aliphatic rings. The van der Waals surface area contributed by atoms with Gasteiger partial charge < -0.3 is 9.64 Å². The molecule has 0 radical (unpaired) electrons. The van der Waals surface area contributed by atoms with Crippen molar-refractivity contribution in [3.05, 3.63) is 33.1 Å². The molecule has 1 aromatic heterocycles. The van der Waals surface area contributed by atoms with Crippen LogP contribution in [0.2, 0.25) is 5.15 Å². The van der Waals surface area contributed by atoms with Crippen molar-refractivity contribution < 1.29 is 14.5 Å². The highest BCUT2D eigenvalue weighted by Crippen LogP contribution is 2.27. The van der Waals surface area contributed by atoms with E-state index in [9.17, 15) is 14.9 Å². The van der Waals surface area contributed by atoms with E-state index in [2.05, 4.69) is 4.98 Å². The predicted octanol–water partition coefficient (Wildman–Crippen LogP) is 1.50. The predicted molar refractivity (Wildman–Crippen MR) is 67.2 cm³/mol. The van der Waals surface area contributed by atoms with E-state index in [4.69, 9.17) is 16.3 Å². The summed E-state index contributed by atoms with van der Waals surface area (Å²) in [4.78, 5) is 27.7. The van der Waals surface area contributed by atoms with Crippen molar-refractivity contribution >= 4 is 23.2 Å². The van der Waals surface area contributed by atoms with Crippen LogP contribution in [0.3, 0.4) is 0 Å². The van der Waals surface area contributed by atoms with Crippen LogP contribution in [-0.2, 0) is 4.74 Å². The zero-order chi connectivity index (χ0) is 14.0. The van der Waals surface area contributed by atoms with Crippen LogP contribution in [-0.4, -0.2) is 46.5 Å². The van der Waals surface area contributed by atoms with E-state index < -0.39 is 16.5 Å². The Morgan fingerprint density at radius 1 is 1.68 bits per heavy atom. The van der Waals surface area contributed by atoms with Gasteiger partial charge in [0.25, 0.3) is 5.91 Å². The van der Waals surface area contributed by atoms with Crippen molar-refractivity contribution in [3.63, 3.8) is 0 Å². The Bertz CT molecular complexity index is 523. The van der Waals surface area contributed by atoms with E-state index in [0.717, 1.165) is 0 Å². The third-order valence-corrected chi connectivity index (χ3v) is 3.10. The molecule has 0 spiro atoms. The van der Waals surface area contributed by atoms with Crippen molar-refractivity contribution in [2.75, 3.05) is 19.7 Å². The number of amides is 1. The van der Waals surface area contributed by atoms with Crippen LogP contribution in [0.1, 0.15) is 17.3 Å². The summed E-state index contributed by atoms with van der Waals surface area (Å²) in [5, 5.41) is 10.7. The molecular weight excluding hydrogens is 274 g/mol. The summed E-state index contributed by atoms with van der Waals surface area (Å²) < 4.78 is 5.33. The van der Waals surface area contributed by atoms with E-state index in [0.29, 0.717) is 19.7 Å². The Morgan fingerprint density at radius 2 is 2.42 bits per heavy atom. The molecule has 1 atom stereocenters. The molecule has 1 fully saturated rings. The molecule has 1 amide bonds. The monoisotopic (exact) mass is 285 g/mol. The van der Waals surface area contributed by atoms with Gasteiger partial charge in [0.2, 0.25) is 5.15 Å². The Labute approximate surface area is 114 Å². The minimum absolute atomic E-state index is 0.0425. The number of hydrogen-bond acceptors (Lipinski definition) is 5. The fourth-order valence-electron chi connectivity index (χ4n) is 1.95. The van der Waals surface area contributed by atoms with Crippen LogP contribution in [0.4, 0.5) is 5.69 Å². The van der Waals surface area contributed by atoms with Gasteiger partial charge in [-0.15, -0.1) is 0 Å². The SMILES string of the molecule is CC1CN(C(=O)c2ccnc(Cl)c2[N+](=O)[O-])CCO1. The number of halogens is 1. The number of nitro groups is 1. The third-order valence-electron chi connectivity index (χ3n) is 2.82. The molecule has 0 saturated carbocycles. The lowest BCUT2D eigenvalue weighted by atomic mass is 10.2. The number of hydrogen-bond donors (Lipinski definition) is 0. The van der Waals surface area contributed by atoms with Gasteiger partial charge in [-0.25, -0.2) is 4.98 Å². The molecule has 8 heteroatoms. The van der Waals surface area contributed by atoms with Crippen LogP contribution in [0, 0.1) is 10.1 Å². The number of carbonyl (C=O) groups excluding carboxylic acids is 1. The van der Waals surface area contributed by atoms with Crippen molar-refractivity contribution in [3.8, 4) is 0 Å². The molecule has 1 aromatic rings. The number of ether oxygens (including phenoxy) is 1. The smallest absolute Gasteiger partial charge is 0.319 e. The second-order valence-corrected chi connectivity index (χ2v) is 4.55. The average molecular weight is 286 g/mol. The topological polar surface area (TPSA) is 85.6 Å². The van der Waals surface area contributed by atoms with E-state index in [-0.39, 0.29) is 16.8 Å². The Hall–Kier alpha value is -1.73. The molecule has 0 aliphatic carbocycles. The second kappa shape index (κ2) is 5.50. The summed E-state index contributed by atoms with van der Waals surface area (Å²) in [6, 6.07) is 1.31. The number of aromatic nitrogens is 1. The largest absolute Gasteiger partial charge is 0.375 e. The highest BCUT2D eigenvalue weighted by Gasteiger charge is 2.30. The minimum atomic E-state index is -0.688. The maximum atomic E-state index is 12.3. The van der Waals surface area contributed by atoms with Gasteiger partial charge in [0, 0.05) is 19.3 Å². The van der Waals surface area contributed by atoms with Crippen LogP contribution in [0.25, 0.3) is 0 Å². The zero-order valence-corrected chi connectivity index (χ0v) is 11.0. The standard InChI is InChI=1S/C11H12ClN3O4/c1-7-6-14(4-5-19-7)11(16)8-2-3-13-10(12)9(8)15(17)18/h2-3,7H,4-6H2,1H3. The number of carbonyl (C=O) groups is 1. The summed E-state index contributed by atoms with van der Waals surface area (Å²) in [5.74, 6) is -0.425. The fourth-order valence-corrected chi connectivity index (χ4v) is 2.18. The molecule has 0 N–H and O–H groups in total. The fraction of sp³-hybridized carbons (Fsp3) is 0.455. The first kappa shape index (κ1) is 13.7. The van der Waals surface area contributed by atoms with Gasteiger partial charge in [0.05, 0.1) is 17.6 Å². The molecular formula is C11H12ClN3O4. The van der Waals surface area contributed by atoms with E-state index in [1.807, 2.05) is 6.92 Å². The van der Waals surface area contributed by atoms with E-state index in [1.165, 1.54) is 17.2 Å². The minimum Gasteiger partial charge on any atom is -0.375 e. The summed E-state index contributed by atoms with van der Waals surface area (Å²) in [6.07, 6.45) is 1.20. The van der Waals surface area contributed by atoms with E-state index >= 15 is 0 Å². The molecule has 0 bridgehead atoms. The lowest BCUT2D eigenvalue weighted by molar-refractivity contribution is -0.385. The summed E-state index contributed by atoms with van der Waals surface area (Å²) in [5.41, 5.74) is -0.493. The molecule has 1 saturated heterocycles. The third kappa shape index (κ3) is 2.82. The van der Waals surface area contributed by atoms with E-state index in [1.54, 1.807) is 0 Å². The molecule has 0 aromatic carbocycles. The maximum Gasteiger partial charge on any atom is 0.319 e. The van der Waals surface area contributed by atoms with Crippen LogP contribution < -0.4 is 0 Å². The summed E-state index contributed by atoms with van der Waals surface area (Å²) in [7, 11) is 0. The highest BCUT2D eigenvalue weighted by molar-refractivity contribution is 6.32. The normalized spacial score (nSPS) is 19.3. The van der Waals surface area contributed by atoms with Gasteiger partial charge >= 0.3 is 5.69 Å². The van der Waals surface area contributed by atoms with Crippen molar-refractivity contribution in [1.82, 2.24) is 9.88 Å². The van der Waals surface area contributed by atoms with Gasteiger partial charge in [-0.05, 0) is 13.0 Å². The van der Waals surface area contributed by atoms with Gasteiger partial charge in [-0.2, -0.15) is 0 Å². The van der Waals surface area contributed by atoms with Crippen LogP contribution >= 0.6 is 11.6 Å². The molecule has 1 unspecified atom stereocenters. The highest BCUT2D eigenvalue weighted by atomic mass is 35.5. The first-order chi connectivity index (χ1) is 9.00. The number of nitrogens with zero attached hydrogens (tertiary/aromatic N) is 3. The molecule has 2 rings (SSSR count). The second-order valence-electron chi connectivity index (χ2n) is 4.19. The Balaban J connectivity index is 2.33. The molecule has 102 valence electrons. The number of rotatable bonds is 2. The lowest BCUT2D eigenvalue weighted by Crippen LogP contribution is -2.44. The maximum absolute atomic E-state index is 12.3. The van der Waals surface area contributed by atoms with Crippen molar-refractivity contribution in [1.29, 1.82) is 0 Å².